The Labute approximate surface area is 185 Å². The Morgan fingerprint density at radius 2 is 1.59 bits per heavy atom. The molecule has 0 aliphatic carbocycles. The summed E-state index contributed by atoms with van der Waals surface area (Å²) in [6.45, 7) is 0.498. The SMILES string of the molecule is O=C(Nc1ccc(OCc2ccccc2)cc1)c1cc(-c2cccc3ccccc23)n[nH]1. The average molecular weight is 419 g/mol. The summed E-state index contributed by atoms with van der Waals surface area (Å²) in [7, 11) is 0. The van der Waals surface area contributed by atoms with Crippen LogP contribution in [0.1, 0.15) is 16.1 Å². The van der Waals surface area contributed by atoms with Gasteiger partial charge in [-0.15, -0.1) is 0 Å². The van der Waals surface area contributed by atoms with Crippen LogP contribution in [0.15, 0.2) is 103 Å². The first-order valence-electron chi connectivity index (χ1n) is 10.4. The predicted molar refractivity (Wildman–Crippen MR) is 127 cm³/mol. The molecular weight excluding hydrogens is 398 g/mol. The van der Waals surface area contributed by atoms with E-state index in [1.54, 1.807) is 6.07 Å². The van der Waals surface area contributed by atoms with Gasteiger partial charge in [0, 0.05) is 11.3 Å². The van der Waals surface area contributed by atoms with Crippen molar-refractivity contribution in [3.63, 3.8) is 0 Å². The van der Waals surface area contributed by atoms with Gasteiger partial charge >= 0.3 is 0 Å². The minimum absolute atomic E-state index is 0.248. The molecule has 0 unspecified atom stereocenters. The lowest BCUT2D eigenvalue weighted by molar-refractivity contribution is 0.102. The third-order valence-electron chi connectivity index (χ3n) is 5.25. The van der Waals surface area contributed by atoms with Gasteiger partial charge in [-0.05, 0) is 46.7 Å². The Morgan fingerprint density at radius 1 is 0.844 bits per heavy atom. The quantitative estimate of drug-likeness (QED) is 0.351. The van der Waals surface area contributed by atoms with Gasteiger partial charge in [0.05, 0.1) is 5.69 Å². The molecule has 0 spiro atoms. The van der Waals surface area contributed by atoms with E-state index in [-0.39, 0.29) is 5.91 Å². The standard InChI is InChI=1S/C27H21N3O2/c31-27(28-21-13-15-22(16-14-21)32-18-19-7-2-1-3-8-19)26-17-25(29-30-26)24-12-6-10-20-9-4-5-11-23(20)24/h1-17H,18H2,(H,28,31)(H,29,30). The molecule has 5 rings (SSSR count). The van der Waals surface area contributed by atoms with E-state index in [0.29, 0.717) is 18.0 Å². The number of nitrogens with zero attached hydrogens (tertiary/aromatic N) is 1. The number of aromatic nitrogens is 2. The molecule has 5 heteroatoms. The van der Waals surface area contributed by atoms with Crippen LogP contribution in [0.5, 0.6) is 5.75 Å². The summed E-state index contributed by atoms with van der Waals surface area (Å²) in [5.74, 6) is 0.494. The van der Waals surface area contributed by atoms with Gasteiger partial charge in [0.1, 0.15) is 18.1 Å². The number of carbonyl (C=O) groups is 1. The van der Waals surface area contributed by atoms with Crippen LogP contribution in [0.3, 0.4) is 0 Å². The molecule has 0 saturated heterocycles. The van der Waals surface area contributed by atoms with E-state index in [2.05, 4.69) is 33.7 Å². The molecule has 0 fully saturated rings. The molecule has 1 aromatic heterocycles. The number of nitrogens with one attached hydrogen (secondary N) is 2. The van der Waals surface area contributed by atoms with Crippen molar-refractivity contribution in [2.45, 2.75) is 6.61 Å². The second kappa shape index (κ2) is 8.78. The highest BCUT2D eigenvalue weighted by Gasteiger charge is 2.13. The summed E-state index contributed by atoms with van der Waals surface area (Å²) in [5.41, 5.74) is 3.90. The van der Waals surface area contributed by atoms with Crippen LogP contribution in [0.2, 0.25) is 0 Å². The highest BCUT2D eigenvalue weighted by molar-refractivity contribution is 6.04. The largest absolute Gasteiger partial charge is 0.489 e. The zero-order valence-electron chi connectivity index (χ0n) is 17.3. The molecule has 5 aromatic rings. The summed E-state index contributed by atoms with van der Waals surface area (Å²) in [4.78, 5) is 12.7. The van der Waals surface area contributed by atoms with E-state index >= 15 is 0 Å². The molecule has 0 aliphatic heterocycles. The highest BCUT2D eigenvalue weighted by Crippen LogP contribution is 2.27. The Kier molecular flexibility index (Phi) is 5.37. The number of hydrogen-bond donors (Lipinski definition) is 2. The van der Waals surface area contributed by atoms with Crippen molar-refractivity contribution in [1.82, 2.24) is 10.2 Å². The van der Waals surface area contributed by atoms with E-state index in [0.717, 1.165) is 33.3 Å². The normalized spacial score (nSPS) is 10.8. The van der Waals surface area contributed by atoms with E-state index < -0.39 is 0 Å². The van der Waals surface area contributed by atoms with E-state index in [9.17, 15) is 4.79 Å². The second-order valence-corrected chi connectivity index (χ2v) is 7.45. The molecule has 32 heavy (non-hydrogen) atoms. The van der Waals surface area contributed by atoms with Crippen LogP contribution >= 0.6 is 0 Å². The monoisotopic (exact) mass is 419 g/mol. The fourth-order valence-corrected chi connectivity index (χ4v) is 3.60. The number of benzene rings is 4. The summed E-state index contributed by atoms with van der Waals surface area (Å²) in [5, 5.41) is 12.3. The third kappa shape index (κ3) is 4.23. The van der Waals surface area contributed by atoms with Crippen LogP contribution < -0.4 is 10.1 Å². The van der Waals surface area contributed by atoms with Crippen LogP contribution in [0.25, 0.3) is 22.0 Å². The summed E-state index contributed by atoms with van der Waals surface area (Å²) in [6, 6.07) is 33.3. The maximum Gasteiger partial charge on any atom is 0.273 e. The second-order valence-electron chi connectivity index (χ2n) is 7.45. The van der Waals surface area contributed by atoms with Crippen molar-refractivity contribution < 1.29 is 9.53 Å². The number of hydrogen-bond acceptors (Lipinski definition) is 3. The Morgan fingerprint density at radius 3 is 2.44 bits per heavy atom. The minimum atomic E-state index is -0.248. The van der Waals surface area contributed by atoms with Gasteiger partial charge < -0.3 is 10.1 Å². The number of ether oxygens (including phenoxy) is 1. The van der Waals surface area contributed by atoms with Crippen LogP contribution in [0.4, 0.5) is 5.69 Å². The number of H-pyrrole nitrogens is 1. The van der Waals surface area contributed by atoms with Crippen molar-refractivity contribution in [1.29, 1.82) is 0 Å². The van der Waals surface area contributed by atoms with E-state index in [1.807, 2.05) is 78.9 Å². The lowest BCUT2D eigenvalue weighted by Crippen LogP contribution is -2.12. The lowest BCUT2D eigenvalue weighted by atomic mass is 10.0. The maximum absolute atomic E-state index is 12.7. The number of aromatic amines is 1. The van der Waals surface area contributed by atoms with E-state index in [4.69, 9.17) is 4.74 Å². The predicted octanol–water partition coefficient (Wildman–Crippen LogP) is 6.06. The number of anilines is 1. The molecule has 0 radical (unpaired) electrons. The molecule has 0 saturated carbocycles. The lowest BCUT2D eigenvalue weighted by Gasteiger charge is -2.08. The maximum atomic E-state index is 12.7. The number of carbonyl (C=O) groups excluding carboxylic acids is 1. The van der Waals surface area contributed by atoms with Crippen LogP contribution in [-0.2, 0) is 6.61 Å². The Hall–Kier alpha value is -4.38. The molecule has 0 bridgehead atoms. The summed E-state index contributed by atoms with van der Waals surface area (Å²) >= 11 is 0. The van der Waals surface area contributed by atoms with Gasteiger partial charge in [-0.25, -0.2) is 0 Å². The van der Waals surface area contributed by atoms with Crippen molar-refractivity contribution in [3.8, 4) is 17.0 Å². The number of rotatable bonds is 6. The van der Waals surface area contributed by atoms with Crippen molar-refractivity contribution in [3.05, 3.63) is 114 Å². The zero-order chi connectivity index (χ0) is 21.8. The van der Waals surface area contributed by atoms with Crippen LogP contribution in [0, 0.1) is 0 Å². The first kappa shape index (κ1) is 19.6. The van der Waals surface area contributed by atoms with Gasteiger partial charge in [0.25, 0.3) is 5.91 Å². The first-order chi connectivity index (χ1) is 15.8. The topological polar surface area (TPSA) is 67.0 Å². The highest BCUT2D eigenvalue weighted by atomic mass is 16.5. The van der Waals surface area contributed by atoms with Gasteiger partial charge in [0.15, 0.2) is 0 Å². The average Bonchev–Trinajstić information content (AvgIpc) is 3.34. The molecule has 156 valence electrons. The molecule has 2 N–H and O–H groups in total. The number of amides is 1. The Balaban J connectivity index is 1.26. The summed E-state index contributed by atoms with van der Waals surface area (Å²) in [6.07, 6.45) is 0. The number of fused-ring (bicyclic) bond motifs is 1. The molecule has 1 heterocycles. The van der Waals surface area contributed by atoms with Crippen molar-refractivity contribution in [2.75, 3.05) is 5.32 Å². The van der Waals surface area contributed by atoms with Crippen LogP contribution in [-0.4, -0.2) is 16.1 Å². The van der Waals surface area contributed by atoms with Gasteiger partial charge in [-0.2, -0.15) is 5.10 Å². The van der Waals surface area contributed by atoms with E-state index in [1.165, 1.54) is 0 Å². The third-order valence-corrected chi connectivity index (χ3v) is 5.25. The molecule has 0 atom stereocenters. The molecule has 4 aromatic carbocycles. The van der Waals surface area contributed by atoms with Gasteiger partial charge in [-0.1, -0.05) is 72.8 Å². The Bertz CT molecular complexity index is 1350. The fourth-order valence-electron chi connectivity index (χ4n) is 3.60. The molecular formula is C27H21N3O2. The van der Waals surface area contributed by atoms with Crippen molar-refractivity contribution >= 4 is 22.4 Å². The van der Waals surface area contributed by atoms with Gasteiger partial charge in [0.2, 0.25) is 0 Å². The van der Waals surface area contributed by atoms with Gasteiger partial charge in [-0.3, -0.25) is 9.89 Å². The smallest absolute Gasteiger partial charge is 0.273 e. The molecule has 0 aliphatic rings. The van der Waals surface area contributed by atoms with Crippen molar-refractivity contribution in [2.24, 2.45) is 0 Å². The minimum Gasteiger partial charge on any atom is -0.489 e. The zero-order valence-corrected chi connectivity index (χ0v) is 17.3. The molecule has 1 amide bonds. The summed E-state index contributed by atoms with van der Waals surface area (Å²) < 4.78 is 5.80. The fraction of sp³-hybridized carbons (Fsp3) is 0.0370. The first-order valence-corrected chi connectivity index (χ1v) is 10.4. The molecule has 5 nitrogen and oxygen atoms in total.